The molecule has 0 radical (unpaired) electrons. The van der Waals surface area contributed by atoms with Crippen molar-refractivity contribution in [3.05, 3.63) is 32.7 Å². The lowest BCUT2D eigenvalue weighted by Gasteiger charge is -2.23. The van der Waals surface area contributed by atoms with E-state index in [-0.39, 0.29) is 5.91 Å². The molecule has 5 heteroatoms. The van der Waals surface area contributed by atoms with E-state index in [0.29, 0.717) is 12.5 Å². The average Bonchev–Trinajstić information content (AvgIpc) is 2.33. The van der Waals surface area contributed by atoms with E-state index in [2.05, 4.69) is 54.6 Å². The zero-order chi connectivity index (χ0) is 12.3. The van der Waals surface area contributed by atoms with Gasteiger partial charge in [0.05, 0.1) is 0 Å². The fraction of sp³-hybridized carbons (Fsp3) is 0.417. The molecule has 1 atom stereocenters. The van der Waals surface area contributed by atoms with Gasteiger partial charge in [-0.05, 0) is 56.0 Å². The van der Waals surface area contributed by atoms with Crippen LogP contribution in [-0.4, -0.2) is 18.5 Å². The van der Waals surface area contributed by atoms with E-state index in [1.165, 1.54) is 5.56 Å². The van der Waals surface area contributed by atoms with Gasteiger partial charge in [-0.1, -0.05) is 6.07 Å². The number of hydrogen-bond acceptors (Lipinski definition) is 2. The van der Waals surface area contributed by atoms with Gasteiger partial charge in [0.25, 0.3) is 0 Å². The van der Waals surface area contributed by atoms with Gasteiger partial charge in [0.2, 0.25) is 5.91 Å². The Bertz CT molecular complexity index is 413. The highest BCUT2D eigenvalue weighted by molar-refractivity contribution is 9.13. The van der Waals surface area contributed by atoms with Gasteiger partial charge in [-0.15, -0.1) is 0 Å². The molecule has 1 aliphatic rings. The van der Waals surface area contributed by atoms with E-state index >= 15 is 0 Å². The Balaban J connectivity index is 1.85. The minimum absolute atomic E-state index is 0.162. The van der Waals surface area contributed by atoms with Crippen LogP contribution in [0.25, 0.3) is 0 Å². The number of carbonyl (C=O) groups is 1. The lowest BCUT2D eigenvalue weighted by atomic mass is 10.1. The molecule has 1 aliphatic heterocycles. The molecule has 1 heterocycles. The second kappa shape index (κ2) is 5.98. The Labute approximate surface area is 118 Å². The van der Waals surface area contributed by atoms with Crippen molar-refractivity contribution >= 4 is 37.8 Å². The molecule has 0 spiro atoms. The molecule has 0 aromatic heterocycles. The number of benzene rings is 1. The van der Waals surface area contributed by atoms with Crippen LogP contribution in [-0.2, 0) is 11.3 Å². The van der Waals surface area contributed by atoms with Crippen LogP contribution in [0.1, 0.15) is 18.4 Å². The fourth-order valence-electron chi connectivity index (χ4n) is 1.82. The molecule has 2 N–H and O–H groups in total. The lowest BCUT2D eigenvalue weighted by molar-refractivity contribution is -0.122. The molecule has 0 saturated carbocycles. The van der Waals surface area contributed by atoms with Crippen molar-refractivity contribution in [3.8, 4) is 0 Å². The minimum Gasteiger partial charge on any atom is -0.355 e. The Kier molecular flexibility index (Phi) is 4.59. The highest BCUT2D eigenvalue weighted by atomic mass is 79.9. The lowest BCUT2D eigenvalue weighted by Crippen LogP contribution is -2.45. The van der Waals surface area contributed by atoms with Gasteiger partial charge in [0.15, 0.2) is 0 Å². The first-order valence-corrected chi connectivity index (χ1v) is 7.18. The first-order valence-electron chi connectivity index (χ1n) is 5.59. The summed E-state index contributed by atoms with van der Waals surface area (Å²) in [5.74, 6) is 0.162. The smallest absolute Gasteiger partial charge is 0.220 e. The van der Waals surface area contributed by atoms with Crippen molar-refractivity contribution in [2.45, 2.75) is 25.4 Å². The molecule has 1 saturated heterocycles. The highest BCUT2D eigenvalue weighted by Crippen LogP contribution is 2.23. The molecule has 3 nitrogen and oxygen atoms in total. The van der Waals surface area contributed by atoms with E-state index < -0.39 is 0 Å². The third-order valence-corrected chi connectivity index (χ3v) is 4.72. The maximum absolute atomic E-state index is 11.0. The number of nitrogens with one attached hydrogen (secondary N) is 2. The largest absolute Gasteiger partial charge is 0.355 e. The van der Waals surface area contributed by atoms with Crippen molar-refractivity contribution in [1.82, 2.24) is 10.6 Å². The normalized spacial score (nSPS) is 20.1. The van der Waals surface area contributed by atoms with Crippen LogP contribution in [0.3, 0.4) is 0 Å². The second-order valence-electron chi connectivity index (χ2n) is 4.17. The summed E-state index contributed by atoms with van der Waals surface area (Å²) in [5.41, 5.74) is 1.23. The number of piperidine rings is 1. The number of carbonyl (C=O) groups excluding carboxylic acids is 1. The molecule has 17 heavy (non-hydrogen) atoms. The van der Waals surface area contributed by atoms with Crippen molar-refractivity contribution in [2.24, 2.45) is 0 Å². The summed E-state index contributed by atoms with van der Waals surface area (Å²) in [6.45, 7) is 1.56. The summed E-state index contributed by atoms with van der Waals surface area (Å²) in [5, 5.41) is 6.32. The molecule has 1 aromatic carbocycles. The molecule has 92 valence electrons. The summed E-state index contributed by atoms with van der Waals surface area (Å²) >= 11 is 6.94. The van der Waals surface area contributed by atoms with Gasteiger partial charge >= 0.3 is 0 Å². The SMILES string of the molecule is O=C1CCC(NCc2ccc(Br)c(Br)c2)CN1. The maximum Gasteiger partial charge on any atom is 0.220 e. The quantitative estimate of drug-likeness (QED) is 0.868. The number of amides is 1. The van der Waals surface area contributed by atoms with E-state index in [4.69, 9.17) is 0 Å². The number of halogens is 2. The highest BCUT2D eigenvalue weighted by Gasteiger charge is 2.16. The summed E-state index contributed by atoms with van der Waals surface area (Å²) in [6, 6.07) is 6.60. The van der Waals surface area contributed by atoms with Crippen LogP contribution in [0.2, 0.25) is 0 Å². The third kappa shape index (κ3) is 3.79. The zero-order valence-electron chi connectivity index (χ0n) is 9.30. The van der Waals surface area contributed by atoms with Crippen molar-refractivity contribution < 1.29 is 4.79 Å². The molecular weight excluding hydrogens is 348 g/mol. The van der Waals surface area contributed by atoms with Gasteiger partial charge in [-0.2, -0.15) is 0 Å². The van der Waals surface area contributed by atoms with Crippen molar-refractivity contribution in [1.29, 1.82) is 0 Å². The molecule has 2 rings (SSSR count). The topological polar surface area (TPSA) is 41.1 Å². The summed E-state index contributed by atoms with van der Waals surface area (Å²) in [4.78, 5) is 11.0. The summed E-state index contributed by atoms with van der Waals surface area (Å²) in [6.07, 6.45) is 1.55. The molecule has 1 amide bonds. The van der Waals surface area contributed by atoms with Crippen molar-refractivity contribution in [3.63, 3.8) is 0 Å². The molecule has 1 fully saturated rings. The predicted octanol–water partition coefficient (Wildman–Crippen LogP) is 2.58. The van der Waals surface area contributed by atoms with Gasteiger partial charge < -0.3 is 10.6 Å². The minimum atomic E-state index is 0.162. The van der Waals surface area contributed by atoms with Gasteiger partial charge in [0.1, 0.15) is 0 Å². The predicted molar refractivity (Wildman–Crippen MR) is 74.7 cm³/mol. The van der Waals surface area contributed by atoms with E-state index in [1.54, 1.807) is 0 Å². The fourth-order valence-corrected chi connectivity index (χ4v) is 2.49. The Morgan fingerprint density at radius 3 is 2.82 bits per heavy atom. The first-order chi connectivity index (χ1) is 8.15. The van der Waals surface area contributed by atoms with Crippen LogP contribution >= 0.6 is 31.9 Å². The second-order valence-corrected chi connectivity index (χ2v) is 5.88. The van der Waals surface area contributed by atoms with Crippen LogP contribution < -0.4 is 10.6 Å². The Morgan fingerprint density at radius 1 is 1.35 bits per heavy atom. The van der Waals surface area contributed by atoms with Crippen LogP contribution in [0.5, 0.6) is 0 Å². The molecule has 0 bridgehead atoms. The van der Waals surface area contributed by atoms with Crippen LogP contribution in [0.15, 0.2) is 27.1 Å². The van der Waals surface area contributed by atoms with E-state index in [9.17, 15) is 4.79 Å². The summed E-state index contributed by atoms with van der Waals surface area (Å²) in [7, 11) is 0. The van der Waals surface area contributed by atoms with E-state index in [1.807, 2.05) is 6.07 Å². The Morgan fingerprint density at radius 2 is 2.18 bits per heavy atom. The molecule has 1 unspecified atom stereocenters. The zero-order valence-corrected chi connectivity index (χ0v) is 12.5. The van der Waals surface area contributed by atoms with Gasteiger partial charge in [0, 0.05) is 34.5 Å². The van der Waals surface area contributed by atoms with Gasteiger partial charge in [-0.25, -0.2) is 0 Å². The van der Waals surface area contributed by atoms with E-state index in [0.717, 1.165) is 28.5 Å². The number of hydrogen-bond donors (Lipinski definition) is 2. The molecule has 1 aromatic rings. The standard InChI is InChI=1S/C12H14Br2N2O/c13-10-3-1-8(5-11(10)14)6-15-9-2-4-12(17)16-7-9/h1,3,5,9,15H,2,4,6-7H2,(H,16,17). The first kappa shape index (κ1) is 13.1. The van der Waals surface area contributed by atoms with Crippen LogP contribution in [0.4, 0.5) is 0 Å². The van der Waals surface area contributed by atoms with Crippen LogP contribution in [0, 0.1) is 0 Å². The Hall–Kier alpha value is -0.390. The maximum atomic E-state index is 11.0. The van der Waals surface area contributed by atoms with Crippen molar-refractivity contribution in [2.75, 3.05) is 6.54 Å². The third-order valence-electron chi connectivity index (χ3n) is 2.84. The number of rotatable bonds is 3. The van der Waals surface area contributed by atoms with Gasteiger partial charge in [-0.3, -0.25) is 4.79 Å². The molecule has 0 aliphatic carbocycles. The molecular formula is C12H14Br2N2O. The monoisotopic (exact) mass is 360 g/mol. The average molecular weight is 362 g/mol. The summed E-state index contributed by atoms with van der Waals surface area (Å²) < 4.78 is 2.12.